The number of fused-ring (bicyclic) bond motifs is 2. The van der Waals surface area contributed by atoms with E-state index in [4.69, 9.17) is 16.3 Å². The number of rotatable bonds is 5. The number of hydrogen-bond acceptors (Lipinski definition) is 7. The first-order chi connectivity index (χ1) is 13.6. The molecule has 9 heteroatoms. The number of ether oxygens (including phenoxy) is 1. The molecule has 4 aromatic rings. The molecule has 28 heavy (non-hydrogen) atoms. The minimum atomic E-state index is -0.432. The number of nitrogens with zero attached hydrogens (tertiary/aromatic N) is 4. The van der Waals surface area contributed by atoms with Crippen LogP contribution in [0.25, 0.3) is 16.7 Å². The average Bonchev–Trinajstić information content (AvgIpc) is 2.71. The number of halogens is 1. The predicted molar refractivity (Wildman–Crippen MR) is 107 cm³/mol. The van der Waals surface area contributed by atoms with Crippen molar-refractivity contribution in [3.8, 4) is 0 Å². The minimum absolute atomic E-state index is 0.0786. The van der Waals surface area contributed by atoms with Crippen LogP contribution in [-0.2, 0) is 16.1 Å². The summed E-state index contributed by atoms with van der Waals surface area (Å²) in [5.41, 5.74) is 2.07. The smallest absolute Gasteiger partial charge is 0.316 e. The molecule has 0 fully saturated rings. The predicted octanol–water partition coefficient (Wildman–Crippen LogP) is 3.13. The number of thioether (sulfide) groups is 1. The lowest BCUT2D eigenvalue weighted by Gasteiger charge is -2.06. The van der Waals surface area contributed by atoms with Gasteiger partial charge in [0.1, 0.15) is 17.3 Å². The fourth-order valence-electron chi connectivity index (χ4n) is 2.54. The third-order valence-electron chi connectivity index (χ3n) is 3.82. The molecule has 0 radical (unpaired) electrons. The van der Waals surface area contributed by atoms with E-state index in [0.717, 1.165) is 11.0 Å². The lowest BCUT2D eigenvalue weighted by Crippen LogP contribution is -2.17. The molecule has 0 aliphatic carbocycles. The topological polar surface area (TPSA) is 86.5 Å². The Bertz CT molecular complexity index is 1240. The molecule has 3 aromatic heterocycles. The molecule has 0 N–H and O–H groups in total. The summed E-state index contributed by atoms with van der Waals surface area (Å²) in [5, 5.41) is 1.07. The largest absolute Gasteiger partial charge is 0.459 e. The number of pyridine rings is 1. The highest BCUT2D eigenvalue weighted by molar-refractivity contribution is 7.99. The molecule has 0 unspecified atom stereocenters. The zero-order valence-corrected chi connectivity index (χ0v) is 16.0. The van der Waals surface area contributed by atoms with Gasteiger partial charge < -0.3 is 4.74 Å². The van der Waals surface area contributed by atoms with Crippen LogP contribution in [-0.4, -0.2) is 31.1 Å². The van der Waals surface area contributed by atoms with E-state index >= 15 is 0 Å². The van der Waals surface area contributed by atoms with Gasteiger partial charge in [0.25, 0.3) is 5.56 Å². The van der Waals surface area contributed by atoms with Gasteiger partial charge in [-0.05, 0) is 24.3 Å². The molecule has 4 rings (SSSR count). The SMILES string of the molecule is O=C(CSc1cnc2ccccc2n1)OCc1cc(=O)n2cc(Cl)ccc2n1. The average molecular weight is 413 g/mol. The number of para-hydroxylation sites is 2. The van der Waals surface area contributed by atoms with Gasteiger partial charge in [0, 0.05) is 12.3 Å². The van der Waals surface area contributed by atoms with Gasteiger partial charge in [0.15, 0.2) is 0 Å². The molecular weight excluding hydrogens is 400 g/mol. The van der Waals surface area contributed by atoms with Crippen LogP contribution < -0.4 is 5.56 Å². The van der Waals surface area contributed by atoms with Gasteiger partial charge in [-0.3, -0.25) is 19.0 Å². The second-order valence-corrected chi connectivity index (χ2v) is 7.24. The van der Waals surface area contributed by atoms with Crippen molar-refractivity contribution in [1.29, 1.82) is 0 Å². The van der Waals surface area contributed by atoms with E-state index in [0.29, 0.717) is 21.4 Å². The molecule has 0 atom stereocenters. The van der Waals surface area contributed by atoms with Crippen molar-refractivity contribution in [3.63, 3.8) is 0 Å². The van der Waals surface area contributed by atoms with E-state index in [1.807, 2.05) is 24.3 Å². The van der Waals surface area contributed by atoms with Gasteiger partial charge in [-0.2, -0.15) is 0 Å². The first-order valence-electron chi connectivity index (χ1n) is 8.26. The van der Waals surface area contributed by atoms with Crippen LogP contribution in [0.2, 0.25) is 5.02 Å². The lowest BCUT2D eigenvalue weighted by molar-refractivity contribution is -0.141. The monoisotopic (exact) mass is 412 g/mol. The number of hydrogen-bond donors (Lipinski definition) is 0. The maximum Gasteiger partial charge on any atom is 0.316 e. The summed E-state index contributed by atoms with van der Waals surface area (Å²) >= 11 is 7.12. The molecule has 0 bridgehead atoms. The van der Waals surface area contributed by atoms with Crippen LogP contribution in [0.5, 0.6) is 0 Å². The first kappa shape index (κ1) is 18.4. The van der Waals surface area contributed by atoms with Gasteiger partial charge in [-0.15, -0.1) is 0 Å². The van der Waals surface area contributed by atoms with Crippen LogP contribution in [0.15, 0.2) is 64.7 Å². The standard InChI is InChI=1S/C19H13ClN4O3S/c20-12-5-6-16-22-13(7-18(25)24(16)9-12)10-27-19(26)11-28-17-8-21-14-3-1-2-4-15(14)23-17/h1-9H,10-11H2. The van der Waals surface area contributed by atoms with Crippen molar-refractivity contribution in [2.75, 3.05) is 5.75 Å². The minimum Gasteiger partial charge on any atom is -0.459 e. The summed E-state index contributed by atoms with van der Waals surface area (Å²) < 4.78 is 6.56. The highest BCUT2D eigenvalue weighted by Gasteiger charge is 2.09. The maximum absolute atomic E-state index is 12.1. The Hall–Kier alpha value is -2.97. The van der Waals surface area contributed by atoms with Gasteiger partial charge in [-0.1, -0.05) is 35.5 Å². The van der Waals surface area contributed by atoms with Crippen LogP contribution in [0.4, 0.5) is 0 Å². The molecule has 0 aliphatic rings. The van der Waals surface area contributed by atoms with Crippen LogP contribution in [0, 0.1) is 0 Å². The van der Waals surface area contributed by atoms with E-state index in [1.54, 1.807) is 18.3 Å². The number of carbonyl (C=O) groups excluding carboxylic acids is 1. The Morgan fingerprint density at radius 1 is 1.14 bits per heavy atom. The van der Waals surface area contributed by atoms with Crippen molar-refractivity contribution in [1.82, 2.24) is 19.4 Å². The van der Waals surface area contributed by atoms with Crippen molar-refractivity contribution in [3.05, 3.63) is 75.9 Å². The van der Waals surface area contributed by atoms with E-state index in [1.165, 1.54) is 28.4 Å². The van der Waals surface area contributed by atoms with Crippen molar-refractivity contribution in [2.45, 2.75) is 11.6 Å². The summed E-state index contributed by atoms with van der Waals surface area (Å²) in [6.45, 7) is -0.0862. The van der Waals surface area contributed by atoms with E-state index in [9.17, 15) is 9.59 Å². The van der Waals surface area contributed by atoms with Gasteiger partial charge in [0.05, 0.1) is 33.7 Å². The van der Waals surface area contributed by atoms with Gasteiger partial charge in [-0.25, -0.2) is 9.97 Å². The highest BCUT2D eigenvalue weighted by atomic mass is 35.5. The first-order valence-corrected chi connectivity index (χ1v) is 9.63. The van der Waals surface area contributed by atoms with Crippen LogP contribution in [0.3, 0.4) is 0 Å². The number of carbonyl (C=O) groups is 1. The van der Waals surface area contributed by atoms with E-state index in [2.05, 4.69) is 15.0 Å². The summed E-state index contributed by atoms with van der Waals surface area (Å²) in [7, 11) is 0. The Morgan fingerprint density at radius 3 is 2.82 bits per heavy atom. The fraction of sp³-hybridized carbons (Fsp3) is 0.105. The van der Waals surface area contributed by atoms with Crippen molar-refractivity contribution < 1.29 is 9.53 Å². The molecule has 140 valence electrons. The Morgan fingerprint density at radius 2 is 1.96 bits per heavy atom. The third kappa shape index (κ3) is 4.13. The van der Waals surface area contributed by atoms with Gasteiger partial charge in [0.2, 0.25) is 0 Å². The number of aromatic nitrogens is 4. The van der Waals surface area contributed by atoms with Crippen molar-refractivity contribution in [2.24, 2.45) is 0 Å². The molecule has 0 saturated heterocycles. The van der Waals surface area contributed by atoms with Crippen molar-refractivity contribution >= 4 is 46.0 Å². The third-order valence-corrected chi connectivity index (χ3v) is 4.92. The normalized spacial score (nSPS) is 11.0. The van der Waals surface area contributed by atoms with E-state index in [-0.39, 0.29) is 17.9 Å². The Labute approximate surface area is 168 Å². The molecule has 7 nitrogen and oxygen atoms in total. The number of esters is 1. The second-order valence-electron chi connectivity index (χ2n) is 5.81. The highest BCUT2D eigenvalue weighted by Crippen LogP contribution is 2.18. The summed E-state index contributed by atoms with van der Waals surface area (Å²) in [6, 6.07) is 12.1. The van der Waals surface area contributed by atoms with Crippen LogP contribution >= 0.6 is 23.4 Å². The maximum atomic E-state index is 12.1. The molecule has 0 spiro atoms. The summed E-state index contributed by atoms with van der Waals surface area (Å²) in [4.78, 5) is 37.2. The molecule has 0 amide bonds. The zero-order valence-electron chi connectivity index (χ0n) is 14.4. The van der Waals surface area contributed by atoms with Crippen LogP contribution in [0.1, 0.15) is 5.69 Å². The van der Waals surface area contributed by atoms with Gasteiger partial charge >= 0.3 is 5.97 Å². The molecule has 0 aliphatic heterocycles. The fourth-order valence-corrected chi connectivity index (χ4v) is 3.34. The van der Waals surface area contributed by atoms with E-state index < -0.39 is 5.97 Å². The zero-order chi connectivity index (χ0) is 19.5. The molecule has 1 aromatic carbocycles. The molecule has 0 saturated carbocycles. The quantitative estimate of drug-likeness (QED) is 0.367. The summed E-state index contributed by atoms with van der Waals surface area (Å²) in [6.07, 6.45) is 3.11. The number of benzene rings is 1. The molecule has 3 heterocycles. The summed E-state index contributed by atoms with van der Waals surface area (Å²) in [5.74, 6) is -0.354. The molecular formula is C19H13ClN4O3S. The Balaban J connectivity index is 1.38. The Kier molecular flexibility index (Phi) is 5.23. The second kappa shape index (κ2) is 7.95. The lowest BCUT2D eigenvalue weighted by atomic mass is 10.3.